The van der Waals surface area contributed by atoms with Gasteiger partial charge >= 0.3 is 0 Å². The molecule has 0 spiro atoms. The summed E-state index contributed by atoms with van der Waals surface area (Å²) < 4.78 is 0. The Labute approximate surface area is 169 Å². The van der Waals surface area contributed by atoms with E-state index >= 15 is 0 Å². The van der Waals surface area contributed by atoms with Crippen LogP contribution in [0.1, 0.15) is 65.2 Å². The van der Waals surface area contributed by atoms with Crippen molar-refractivity contribution in [2.24, 2.45) is 34.5 Å². The van der Waals surface area contributed by atoms with Crippen LogP contribution in [0.2, 0.25) is 0 Å². The van der Waals surface area contributed by atoms with Gasteiger partial charge in [-0.15, -0.1) is 0 Å². The van der Waals surface area contributed by atoms with Crippen molar-refractivity contribution in [3.8, 4) is 0 Å². The fourth-order valence-corrected chi connectivity index (χ4v) is 7.47. The van der Waals surface area contributed by atoms with E-state index in [-0.39, 0.29) is 11.5 Å². The topological polar surface area (TPSA) is 50.4 Å². The van der Waals surface area contributed by atoms with E-state index in [0.29, 0.717) is 34.9 Å². The van der Waals surface area contributed by atoms with Crippen LogP contribution in [0.3, 0.4) is 0 Å². The molecule has 0 aromatic carbocycles. The SMILES string of the molecule is C=C1CC2C=C(NOC3CCNC3)CC[C@]2(C)[C@H]2CC[C@]3(C)C(=O)CC[C@H]3[C@H]12. The molecule has 5 rings (SSSR count). The zero-order chi connectivity index (χ0) is 19.5. The monoisotopic (exact) mass is 384 g/mol. The van der Waals surface area contributed by atoms with E-state index in [1.807, 2.05) is 0 Å². The number of hydrogen-bond acceptors (Lipinski definition) is 4. The lowest BCUT2D eigenvalue weighted by Crippen LogP contribution is -2.53. The van der Waals surface area contributed by atoms with Crippen LogP contribution < -0.4 is 10.8 Å². The Balaban J connectivity index is 1.35. The molecule has 4 heteroatoms. The first-order valence-corrected chi connectivity index (χ1v) is 11.5. The van der Waals surface area contributed by atoms with E-state index < -0.39 is 0 Å². The van der Waals surface area contributed by atoms with Crippen LogP contribution in [0, 0.1) is 34.5 Å². The van der Waals surface area contributed by atoms with Crippen molar-refractivity contribution in [1.29, 1.82) is 0 Å². The zero-order valence-electron chi connectivity index (χ0n) is 17.6. The van der Waals surface area contributed by atoms with Crippen LogP contribution >= 0.6 is 0 Å². The van der Waals surface area contributed by atoms with Gasteiger partial charge in [-0.2, -0.15) is 0 Å². The third-order valence-electron chi connectivity index (χ3n) is 9.33. The molecule has 5 aliphatic rings. The molecule has 4 aliphatic carbocycles. The lowest BCUT2D eigenvalue weighted by Gasteiger charge is -2.59. The number of rotatable bonds is 3. The summed E-state index contributed by atoms with van der Waals surface area (Å²) in [7, 11) is 0. The summed E-state index contributed by atoms with van der Waals surface area (Å²) in [6.45, 7) is 11.3. The fraction of sp³-hybridized carbons (Fsp3) is 0.792. The summed E-state index contributed by atoms with van der Waals surface area (Å²) in [5.41, 5.74) is 6.23. The zero-order valence-corrected chi connectivity index (χ0v) is 17.6. The second-order valence-corrected chi connectivity index (χ2v) is 10.7. The lowest BCUT2D eigenvalue weighted by molar-refractivity contribution is -0.132. The van der Waals surface area contributed by atoms with E-state index in [2.05, 4.69) is 37.3 Å². The van der Waals surface area contributed by atoms with Crippen LogP contribution in [-0.2, 0) is 9.63 Å². The molecule has 1 heterocycles. The summed E-state index contributed by atoms with van der Waals surface area (Å²) in [6, 6.07) is 0. The van der Waals surface area contributed by atoms with Gasteiger partial charge in [-0.05, 0) is 80.6 Å². The van der Waals surface area contributed by atoms with Crippen LogP contribution in [0.15, 0.2) is 23.9 Å². The predicted octanol–water partition coefficient (Wildman–Crippen LogP) is 4.14. The lowest BCUT2D eigenvalue weighted by atomic mass is 9.45. The van der Waals surface area contributed by atoms with E-state index in [9.17, 15) is 4.79 Å². The number of hydrogen-bond donors (Lipinski definition) is 2. The first kappa shape index (κ1) is 18.9. The minimum Gasteiger partial charge on any atom is -0.314 e. The van der Waals surface area contributed by atoms with Gasteiger partial charge in [0, 0.05) is 24.1 Å². The van der Waals surface area contributed by atoms with E-state index in [1.54, 1.807) is 0 Å². The highest BCUT2D eigenvalue weighted by atomic mass is 16.7. The highest BCUT2D eigenvalue weighted by Gasteiger charge is 2.60. The second kappa shape index (κ2) is 6.70. The first-order valence-electron chi connectivity index (χ1n) is 11.5. The van der Waals surface area contributed by atoms with Crippen LogP contribution in [-0.4, -0.2) is 25.0 Å². The molecule has 7 atom stereocenters. The molecule has 1 aliphatic heterocycles. The number of Topliss-reactive ketones (excluding diaryl/α,β-unsaturated/α-hetero) is 1. The van der Waals surface area contributed by atoms with Crippen LogP contribution in [0.5, 0.6) is 0 Å². The highest BCUT2D eigenvalue weighted by Crippen LogP contribution is 2.66. The Kier molecular flexibility index (Phi) is 4.52. The van der Waals surface area contributed by atoms with Crippen molar-refractivity contribution in [1.82, 2.24) is 10.8 Å². The molecule has 3 saturated carbocycles. The van der Waals surface area contributed by atoms with Crippen LogP contribution in [0.25, 0.3) is 0 Å². The standard InChI is InChI=1S/C24H36N2O2/c1-15-12-16-13-17(26-28-18-8-11-25-14-18)6-9-23(16,2)20-7-10-24(3)19(22(15)20)4-5-21(24)27/h13,16,18-20,22,25-26H,1,4-12,14H2,2-3H3/t16?,18?,19-,20-,22-,23-,24-/m0/s1. The Morgan fingerprint density at radius 1 is 1.18 bits per heavy atom. The van der Waals surface area contributed by atoms with Gasteiger partial charge in [0.1, 0.15) is 5.78 Å². The molecule has 154 valence electrons. The number of carbonyl (C=O) groups is 1. The van der Waals surface area contributed by atoms with Crippen LogP contribution in [0.4, 0.5) is 0 Å². The Bertz CT molecular complexity index is 709. The minimum absolute atomic E-state index is 0.0757. The minimum atomic E-state index is -0.0757. The molecule has 1 saturated heterocycles. The molecule has 0 amide bonds. The van der Waals surface area contributed by atoms with Gasteiger partial charge in [-0.25, -0.2) is 0 Å². The molecule has 2 N–H and O–H groups in total. The molecule has 0 aromatic rings. The second-order valence-electron chi connectivity index (χ2n) is 10.7. The summed E-state index contributed by atoms with van der Waals surface area (Å²) in [5, 5.41) is 3.35. The van der Waals surface area contributed by atoms with Crippen molar-refractivity contribution >= 4 is 5.78 Å². The fourth-order valence-electron chi connectivity index (χ4n) is 7.47. The maximum atomic E-state index is 12.6. The van der Waals surface area contributed by atoms with Gasteiger partial charge in [0.25, 0.3) is 0 Å². The van der Waals surface area contributed by atoms with Crippen molar-refractivity contribution in [2.45, 2.75) is 71.3 Å². The van der Waals surface area contributed by atoms with Gasteiger partial charge in [0.15, 0.2) is 0 Å². The van der Waals surface area contributed by atoms with E-state index in [4.69, 9.17) is 4.84 Å². The smallest absolute Gasteiger partial charge is 0.139 e. The average molecular weight is 385 g/mol. The number of allylic oxidation sites excluding steroid dienone is 3. The summed E-state index contributed by atoms with van der Waals surface area (Å²) in [6.07, 6.45) is 11.3. The Morgan fingerprint density at radius 2 is 2.04 bits per heavy atom. The highest BCUT2D eigenvalue weighted by molar-refractivity contribution is 5.87. The van der Waals surface area contributed by atoms with Gasteiger partial charge < -0.3 is 5.32 Å². The average Bonchev–Trinajstić information content (AvgIpc) is 3.29. The van der Waals surface area contributed by atoms with Crippen molar-refractivity contribution in [3.63, 3.8) is 0 Å². The van der Waals surface area contributed by atoms with Gasteiger partial charge in [-0.1, -0.05) is 32.1 Å². The number of carbonyl (C=O) groups excluding carboxylic acids is 1. The Morgan fingerprint density at radius 3 is 2.82 bits per heavy atom. The third kappa shape index (κ3) is 2.74. The molecule has 4 fully saturated rings. The Hall–Kier alpha value is -1.13. The molecule has 0 aromatic heterocycles. The molecule has 4 nitrogen and oxygen atoms in total. The molecule has 0 bridgehead atoms. The first-order chi connectivity index (χ1) is 13.4. The van der Waals surface area contributed by atoms with Crippen molar-refractivity contribution < 1.29 is 9.63 Å². The number of hydroxylamine groups is 1. The number of fused-ring (bicyclic) bond motifs is 5. The van der Waals surface area contributed by atoms with Gasteiger partial charge in [0.05, 0.1) is 6.10 Å². The number of nitrogens with one attached hydrogen (secondary N) is 2. The van der Waals surface area contributed by atoms with E-state index in [1.165, 1.54) is 24.1 Å². The summed E-state index contributed by atoms with van der Waals surface area (Å²) >= 11 is 0. The van der Waals surface area contributed by atoms with Crippen molar-refractivity contribution in [3.05, 3.63) is 23.9 Å². The number of ketones is 1. The van der Waals surface area contributed by atoms with Gasteiger partial charge in [-0.3, -0.25) is 15.1 Å². The van der Waals surface area contributed by atoms with Gasteiger partial charge in [0.2, 0.25) is 0 Å². The van der Waals surface area contributed by atoms with E-state index in [0.717, 1.165) is 51.6 Å². The maximum Gasteiger partial charge on any atom is 0.139 e. The summed E-state index contributed by atoms with van der Waals surface area (Å²) in [4.78, 5) is 18.6. The maximum absolute atomic E-state index is 12.6. The molecular formula is C24H36N2O2. The third-order valence-corrected chi connectivity index (χ3v) is 9.33. The molecular weight excluding hydrogens is 348 g/mol. The molecule has 0 radical (unpaired) electrons. The normalized spacial score (nSPS) is 47.9. The summed E-state index contributed by atoms with van der Waals surface area (Å²) in [5.74, 6) is 2.83. The van der Waals surface area contributed by atoms with Crippen molar-refractivity contribution in [2.75, 3.05) is 13.1 Å². The predicted molar refractivity (Wildman–Crippen MR) is 110 cm³/mol. The molecule has 28 heavy (non-hydrogen) atoms. The quantitative estimate of drug-likeness (QED) is 0.567. The largest absolute Gasteiger partial charge is 0.314 e. The molecule has 2 unspecified atom stereocenters.